The van der Waals surface area contributed by atoms with Crippen molar-refractivity contribution in [1.82, 2.24) is 25.0 Å². The number of carbonyl (C=O) groups is 3. The predicted molar refractivity (Wildman–Crippen MR) is 199 cm³/mol. The molecular weight excluding hydrogens is 655 g/mol. The number of sulfonamides is 1. The van der Waals surface area contributed by atoms with Gasteiger partial charge in [-0.15, -0.1) is 4.83 Å². The molecule has 290 valence electrons. The highest BCUT2D eigenvalue weighted by atomic mass is 32.2. The number of nitrogens with zero attached hydrogens (tertiary/aromatic N) is 3. The highest BCUT2D eigenvalue weighted by Gasteiger charge is 2.41. The minimum Gasteiger partial charge on any atom is -0.390 e. The van der Waals surface area contributed by atoms with Crippen molar-refractivity contribution in [3.05, 3.63) is 0 Å². The molecule has 0 heterocycles. The van der Waals surface area contributed by atoms with Crippen LogP contribution in [0.25, 0.3) is 0 Å². The number of nitrogens with one attached hydrogen (secondary N) is 2. The Morgan fingerprint density at radius 3 is 1.82 bits per heavy atom. The molecule has 3 aliphatic carbocycles. The van der Waals surface area contributed by atoms with E-state index in [1.807, 2.05) is 18.7 Å². The van der Waals surface area contributed by atoms with Crippen LogP contribution in [0.5, 0.6) is 0 Å². The van der Waals surface area contributed by atoms with Crippen molar-refractivity contribution in [1.29, 1.82) is 0 Å². The molecule has 3 fully saturated rings. The normalized spacial score (nSPS) is 23.7. The van der Waals surface area contributed by atoms with Gasteiger partial charge in [0.05, 0.1) is 17.9 Å². The van der Waals surface area contributed by atoms with E-state index < -0.39 is 39.9 Å². The maximum atomic E-state index is 14.2. The number of amides is 3. The molecule has 0 saturated heterocycles. The first-order valence-electron chi connectivity index (χ1n) is 20.1. The second kappa shape index (κ2) is 21.7. The zero-order valence-corrected chi connectivity index (χ0v) is 32.9. The Hall–Kier alpha value is -1.76. The van der Waals surface area contributed by atoms with E-state index in [1.54, 1.807) is 24.0 Å². The molecule has 5 unspecified atom stereocenters. The molecule has 3 amide bonds. The minimum absolute atomic E-state index is 0.0219. The van der Waals surface area contributed by atoms with E-state index in [2.05, 4.69) is 17.1 Å². The van der Waals surface area contributed by atoms with Gasteiger partial charge in [-0.1, -0.05) is 78.6 Å². The maximum Gasteiger partial charge on any atom is 0.225 e. The van der Waals surface area contributed by atoms with E-state index in [0.717, 1.165) is 83.5 Å². The molecule has 0 aromatic carbocycles. The molecule has 0 spiro atoms. The molecular formula is C38H71N5O6S. The molecule has 3 N–H and O–H groups in total. The Bertz CT molecular complexity index is 1130. The van der Waals surface area contributed by atoms with Crippen LogP contribution in [0.4, 0.5) is 0 Å². The van der Waals surface area contributed by atoms with Crippen molar-refractivity contribution < 1.29 is 27.9 Å². The van der Waals surface area contributed by atoms with Crippen molar-refractivity contribution in [3.8, 4) is 0 Å². The minimum atomic E-state index is -3.60. The monoisotopic (exact) mass is 726 g/mol. The van der Waals surface area contributed by atoms with Gasteiger partial charge >= 0.3 is 0 Å². The van der Waals surface area contributed by atoms with Crippen LogP contribution >= 0.6 is 0 Å². The van der Waals surface area contributed by atoms with E-state index in [4.69, 9.17) is 0 Å². The molecule has 0 aromatic rings. The Kier molecular flexibility index (Phi) is 18.5. The van der Waals surface area contributed by atoms with E-state index >= 15 is 0 Å². The molecule has 11 nitrogen and oxygen atoms in total. The van der Waals surface area contributed by atoms with Crippen LogP contribution in [0.3, 0.4) is 0 Å². The van der Waals surface area contributed by atoms with Gasteiger partial charge in [0, 0.05) is 58.0 Å². The number of aliphatic hydroxyl groups is 1. The predicted octanol–water partition coefficient (Wildman–Crippen LogP) is 5.09. The second-order valence-corrected chi connectivity index (χ2v) is 17.7. The topological polar surface area (TPSA) is 139 Å². The zero-order chi connectivity index (χ0) is 36.7. The van der Waals surface area contributed by atoms with Crippen LogP contribution < -0.4 is 10.1 Å². The Balaban J connectivity index is 1.80. The second-order valence-electron chi connectivity index (χ2n) is 16.0. The van der Waals surface area contributed by atoms with E-state index in [1.165, 1.54) is 6.42 Å². The molecule has 0 bridgehead atoms. The van der Waals surface area contributed by atoms with Gasteiger partial charge in [0.1, 0.15) is 0 Å². The molecule has 3 saturated carbocycles. The quantitative estimate of drug-likeness (QED) is 0.149. The molecule has 0 radical (unpaired) electrons. The lowest BCUT2D eigenvalue weighted by Crippen LogP contribution is -2.55. The first kappa shape index (κ1) is 42.7. The van der Waals surface area contributed by atoms with Gasteiger partial charge in [0.15, 0.2) is 0 Å². The fourth-order valence-corrected chi connectivity index (χ4v) is 10.2. The molecule has 0 aromatic heterocycles. The number of hydrogen-bond donors (Lipinski definition) is 3. The molecule has 12 heteroatoms. The first-order chi connectivity index (χ1) is 23.9. The summed E-state index contributed by atoms with van der Waals surface area (Å²) in [6.07, 6.45) is 14.8. The molecule has 5 atom stereocenters. The summed E-state index contributed by atoms with van der Waals surface area (Å²) in [4.78, 5) is 47.5. The summed E-state index contributed by atoms with van der Waals surface area (Å²) in [5, 5.41) is 16.7. The first-order valence-corrected chi connectivity index (χ1v) is 21.8. The van der Waals surface area contributed by atoms with E-state index in [-0.39, 0.29) is 35.9 Å². The van der Waals surface area contributed by atoms with Crippen molar-refractivity contribution >= 4 is 27.7 Å². The highest BCUT2D eigenvalue weighted by Crippen LogP contribution is 2.36. The van der Waals surface area contributed by atoms with Crippen LogP contribution in [-0.2, 0) is 24.4 Å². The van der Waals surface area contributed by atoms with Crippen molar-refractivity contribution in [2.75, 3.05) is 46.0 Å². The molecule has 3 aliphatic rings. The van der Waals surface area contributed by atoms with Gasteiger partial charge in [0.25, 0.3) is 0 Å². The Morgan fingerprint density at radius 2 is 1.28 bits per heavy atom. The van der Waals surface area contributed by atoms with Gasteiger partial charge in [-0.25, -0.2) is 13.4 Å². The van der Waals surface area contributed by atoms with E-state index in [9.17, 15) is 27.9 Å². The van der Waals surface area contributed by atoms with Gasteiger partial charge in [-0.3, -0.25) is 14.4 Å². The Labute approximate surface area is 304 Å². The average molecular weight is 726 g/mol. The average Bonchev–Trinajstić information content (AvgIpc) is 3.09. The standard InChI is InChI=1S/C38H71N5O6S/c1-6-9-22-43(40-50(48,49)28-30-18-14-11-15-19-30)27-35(44)34(23-29-16-12-10-13-17-29)39-36(45)31-24-32(37(46)41(4)5)26-33(25-31)38(47)42(20-7-2)21-8-3/h29-35,40,44H,6-28H2,1-5H3,(H,39,45). The number of carbonyl (C=O) groups excluding carboxylic acids is 3. The molecule has 3 rings (SSSR count). The third-order valence-corrected chi connectivity index (χ3v) is 12.7. The molecule has 0 aliphatic heterocycles. The Morgan fingerprint density at radius 1 is 0.740 bits per heavy atom. The summed E-state index contributed by atoms with van der Waals surface area (Å²) in [6.45, 7) is 7.99. The summed E-state index contributed by atoms with van der Waals surface area (Å²) in [5.74, 6) is -1.06. The van der Waals surface area contributed by atoms with Gasteiger partial charge in [-0.05, 0) is 69.6 Å². The zero-order valence-electron chi connectivity index (χ0n) is 32.0. The summed E-state index contributed by atoms with van der Waals surface area (Å²) in [7, 11) is -0.164. The smallest absolute Gasteiger partial charge is 0.225 e. The van der Waals surface area contributed by atoms with Crippen LogP contribution in [0.15, 0.2) is 0 Å². The maximum absolute atomic E-state index is 14.2. The van der Waals surface area contributed by atoms with Crippen LogP contribution in [0, 0.1) is 29.6 Å². The largest absolute Gasteiger partial charge is 0.390 e. The summed E-state index contributed by atoms with van der Waals surface area (Å²) in [6, 6.07) is -0.576. The van der Waals surface area contributed by atoms with Crippen LogP contribution in [0.2, 0.25) is 0 Å². The number of hydrazine groups is 1. The third-order valence-electron chi connectivity index (χ3n) is 11.3. The number of rotatable bonds is 20. The van der Waals surface area contributed by atoms with E-state index in [0.29, 0.717) is 51.2 Å². The highest BCUT2D eigenvalue weighted by molar-refractivity contribution is 7.89. The fourth-order valence-electron chi connectivity index (χ4n) is 8.60. The van der Waals surface area contributed by atoms with Gasteiger partial charge < -0.3 is 20.2 Å². The number of aliphatic hydroxyl groups excluding tert-OH is 1. The summed E-state index contributed by atoms with van der Waals surface area (Å²) in [5.41, 5.74) is 0. The summed E-state index contributed by atoms with van der Waals surface area (Å²) >= 11 is 0. The van der Waals surface area contributed by atoms with Crippen molar-refractivity contribution in [3.63, 3.8) is 0 Å². The van der Waals surface area contributed by atoms with Crippen molar-refractivity contribution in [2.24, 2.45) is 29.6 Å². The van der Waals surface area contributed by atoms with Crippen molar-refractivity contribution in [2.45, 2.75) is 148 Å². The number of hydrogen-bond acceptors (Lipinski definition) is 7. The summed E-state index contributed by atoms with van der Waals surface area (Å²) < 4.78 is 26.6. The van der Waals surface area contributed by atoms with Crippen LogP contribution in [-0.4, -0.2) is 104 Å². The lowest BCUT2D eigenvalue weighted by atomic mass is 9.73. The van der Waals surface area contributed by atoms with Crippen LogP contribution in [0.1, 0.15) is 136 Å². The lowest BCUT2D eigenvalue weighted by molar-refractivity contribution is -0.143. The fraction of sp³-hybridized carbons (Fsp3) is 0.921. The van der Waals surface area contributed by atoms with Gasteiger partial charge in [-0.2, -0.15) is 0 Å². The SMILES string of the molecule is CCCCN(CC(O)C(CC1CCCCC1)NC(=O)C1CC(C(=O)N(C)C)CC(C(=O)N(CCC)CCC)C1)NS(=O)(=O)CC1CCCCC1. The third kappa shape index (κ3) is 14.0. The lowest BCUT2D eigenvalue weighted by Gasteiger charge is -2.38. The molecule has 50 heavy (non-hydrogen) atoms. The van der Waals surface area contributed by atoms with Gasteiger partial charge in [0.2, 0.25) is 27.7 Å². The number of unbranched alkanes of at least 4 members (excludes halogenated alkanes) is 1.